The highest BCUT2D eigenvalue weighted by Crippen LogP contribution is 2.28. The fourth-order valence-electron chi connectivity index (χ4n) is 3.65. The van der Waals surface area contributed by atoms with E-state index in [0.29, 0.717) is 19.6 Å². The van der Waals surface area contributed by atoms with Crippen molar-refractivity contribution < 1.29 is 4.79 Å². The molecular weight excluding hydrogens is 409 g/mol. The van der Waals surface area contributed by atoms with Crippen LogP contribution in [0.4, 0.5) is 5.82 Å². The molecule has 1 aromatic heterocycles. The van der Waals surface area contributed by atoms with Crippen LogP contribution in [0, 0.1) is 5.41 Å². The number of hydrogen-bond acceptors (Lipinski definition) is 5. The fraction of sp³-hybridized carbons (Fsp3) is 0.476. The molecule has 2 aromatic rings. The minimum atomic E-state index is -0.419. The predicted octanol–water partition coefficient (Wildman–Crippen LogP) is 3.40. The van der Waals surface area contributed by atoms with E-state index < -0.39 is 5.41 Å². The minimum Gasteiger partial charge on any atom is -0.353 e. The number of rotatable bonds is 6. The second-order valence-corrected chi connectivity index (χ2v) is 7.08. The lowest BCUT2D eigenvalue weighted by Crippen LogP contribution is -2.55. The maximum Gasteiger partial charge on any atom is 0.230 e. The monoisotopic (exact) mass is 439 g/mol. The van der Waals surface area contributed by atoms with Crippen LogP contribution in [0.2, 0.25) is 0 Å². The van der Waals surface area contributed by atoms with Crippen LogP contribution >= 0.6 is 24.8 Å². The molecule has 1 aliphatic rings. The number of nitrogens with zero attached hydrogens (tertiary/aromatic N) is 4. The molecule has 1 amide bonds. The van der Waals surface area contributed by atoms with Crippen molar-refractivity contribution in [1.82, 2.24) is 14.9 Å². The van der Waals surface area contributed by atoms with Crippen LogP contribution in [0.25, 0.3) is 11.4 Å². The largest absolute Gasteiger partial charge is 0.353 e. The van der Waals surface area contributed by atoms with Crippen LogP contribution < -0.4 is 10.6 Å². The molecule has 29 heavy (non-hydrogen) atoms. The van der Waals surface area contributed by atoms with Crippen LogP contribution in [0.3, 0.4) is 0 Å². The van der Waals surface area contributed by atoms with E-state index in [4.69, 9.17) is 10.7 Å². The third kappa shape index (κ3) is 5.38. The van der Waals surface area contributed by atoms with Gasteiger partial charge < -0.3 is 15.5 Å². The van der Waals surface area contributed by atoms with E-state index >= 15 is 0 Å². The zero-order valence-electron chi connectivity index (χ0n) is 17.1. The summed E-state index contributed by atoms with van der Waals surface area (Å²) >= 11 is 0. The van der Waals surface area contributed by atoms with Crippen molar-refractivity contribution in [2.75, 3.05) is 37.6 Å². The Kier molecular flexibility index (Phi) is 9.83. The van der Waals surface area contributed by atoms with Gasteiger partial charge in [-0.1, -0.05) is 44.2 Å². The van der Waals surface area contributed by atoms with Gasteiger partial charge in [-0.2, -0.15) is 0 Å². The van der Waals surface area contributed by atoms with E-state index in [1.54, 1.807) is 6.20 Å². The van der Waals surface area contributed by atoms with E-state index in [2.05, 4.69) is 23.7 Å². The third-order valence-corrected chi connectivity index (χ3v) is 5.76. The van der Waals surface area contributed by atoms with Crippen LogP contribution in [0.5, 0.6) is 0 Å². The zero-order valence-corrected chi connectivity index (χ0v) is 18.7. The van der Waals surface area contributed by atoms with Crippen LogP contribution in [-0.4, -0.2) is 53.5 Å². The van der Waals surface area contributed by atoms with Crippen LogP contribution in [-0.2, 0) is 4.79 Å². The number of aromatic nitrogens is 2. The Hall–Kier alpha value is -1.89. The third-order valence-electron chi connectivity index (χ3n) is 5.76. The molecule has 6 nitrogen and oxygen atoms in total. The van der Waals surface area contributed by atoms with Gasteiger partial charge in [0.25, 0.3) is 0 Å². The lowest BCUT2D eigenvalue weighted by atomic mass is 9.81. The number of benzene rings is 1. The first-order chi connectivity index (χ1) is 13.1. The van der Waals surface area contributed by atoms with Gasteiger partial charge in [-0.05, 0) is 18.9 Å². The fourth-order valence-corrected chi connectivity index (χ4v) is 3.65. The SMILES string of the molecule is CCC(CC)(CN)C(=O)N1CCN(c2ccnc(-c3ccccc3)n2)CC1.Cl.Cl. The summed E-state index contributed by atoms with van der Waals surface area (Å²) in [6.45, 7) is 7.45. The molecule has 0 unspecified atom stereocenters. The number of nitrogens with two attached hydrogens (primary N) is 1. The summed E-state index contributed by atoms with van der Waals surface area (Å²) in [5.74, 6) is 1.83. The number of amides is 1. The molecule has 1 fully saturated rings. The van der Waals surface area contributed by atoms with Gasteiger partial charge in [0.15, 0.2) is 5.82 Å². The quantitative estimate of drug-likeness (QED) is 0.745. The highest BCUT2D eigenvalue weighted by atomic mass is 35.5. The second-order valence-electron chi connectivity index (χ2n) is 7.08. The average molecular weight is 440 g/mol. The van der Waals surface area contributed by atoms with Gasteiger partial charge in [0.1, 0.15) is 5.82 Å². The first-order valence-corrected chi connectivity index (χ1v) is 9.76. The molecule has 2 heterocycles. The molecule has 0 radical (unpaired) electrons. The van der Waals surface area contributed by atoms with Crippen LogP contribution in [0.15, 0.2) is 42.6 Å². The van der Waals surface area contributed by atoms with E-state index in [1.165, 1.54) is 0 Å². The standard InChI is InChI=1S/C21H29N5O.2ClH/c1-3-21(4-2,16-22)20(27)26-14-12-25(13-15-26)18-10-11-23-19(24-18)17-8-6-5-7-9-17;;/h5-11H,3-4,12-16,22H2,1-2H3;2*1H. The average Bonchev–Trinajstić information content (AvgIpc) is 2.76. The van der Waals surface area contributed by atoms with Gasteiger partial charge in [-0.25, -0.2) is 9.97 Å². The molecule has 1 aromatic carbocycles. The molecule has 2 N–H and O–H groups in total. The normalized spacial score (nSPS) is 14.0. The molecule has 0 spiro atoms. The molecule has 0 bridgehead atoms. The first-order valence-electron chi connectivity index (χ1n) is 9.76. The van der Waals surface area contributed by atoms with Crippen molar-refractivity contribution >= 4 is 36.5 Å². The Labute approximate surface area is 185 Å². The summed E-state index contributed by atoms with van der Waals surface area (Å²) < 4.78 is 0. The number of halogens is 2. The van der Waals surface area contributed by atoms with Crippen molar-refractivity contribution in [1.29, 1.82) is 0 Å². The van der Waals surface area contributed by atoms with Crippen molar-refractivity contribution in [3.63, 3.8) is 0 Å². The van der Waals surface area contributed by atoms with E-state index in [1.807, 2.05) is 41.3 Å². The topological polar surface area (TPSA) is 75.4 Å². The molecule has 0 aliphatic carbocycles. The number of hydrogen-bond donors (Lipinski definition) is 1. The summed E-state index contributed by atoms with van der Waals surface area (Å²) in [7, 11) is 0. The van der Waals surface area contributed by atoms with E-state index in [9.17, 15) is 4.79 Å². The highest BCUT2D eigenvalue weighted by Gasteiger charge is 2.37. The maximum atomic E-state index is 13.0. The maximum absolute atomic E-state index is 13.0. The van der Waals surface area contributed by atoms with Crippen molar-refractivity contribution in [3.8, 4) is 11.4 Å². The van der Waals surface area contributed by atoms with Crippen molar-refractivity contribution in [3.05, 3.63) is 42.6 Å². The van der Waals surface area contributed by atoms with Gasteiger partial charge >= 0.3 is 0 Å². The van der Waals surface area contributed by atoms with Gasteiger partial charge in [0.2, 0.25) is 5.91 Å². The Bertz CT molecular complexity index is 754. The zero-order chi connectivity index (χ0) is 19.3. The molecule has 0 atom stereocenters. The predicted molar refractivity (Wildman–Crippen MR) is 123 cm³/mol. The summed E-state index contributed by atoms with van der Waals surface area (Å²) in [6, 6.07) is 11.9. The molecule has 0 saturated carbocycles. The Morgan fingerprint density at radius 1 is 1.03 bits per heavy atom. The molecular formula is C21H31Cl2N5O. The molecule has 1 saturated heterocycles. The van der Waals surface area contributed by atoms with E-state index in [0.717, 1.165) is 43.1 Å². The Morgan fingerprint density at radius 2 is 1.66 bits per heavy atom. The number of carbonyl (C=O) groups excluding carboxylic acids is 1. The second kappa shape index (κ2) is 11.3. The van der Waals surface area contributed by atoms with Gasteiger partial charge in [0.05, 0.1) is 5.41 Å². The summed E-state index contributed by atoms with van der Waals surface area (Å²) in [5, 5.41) is 0. The van der Waals surface area contributed by atoms with Crippen molar-refractivity contribution in [2.24, 2.45) is 11.1 Å². The lowest BCUT2D eigenvalue weighted by molar-refractivity contribution is -0.142. The smallest absolute Gasteiger partial charge is 0.230 e. The van der Waals surface area contributed by atoms with Gasteiger partial charge in [-0.15, -0.1) is 24.8 Å². The molecule has 1 aliphatic heterocycles. The summed E-state index contributed by atoms with van der Waals surface area (Å²) in [5.41, 5.74) is 6.54. The first kappa shape index (κ1) is 25.1. The molecule has 8 heteroatoms. The Balaban J connectivity index is 0.00000210. The van der Waals surface area contributed by atoms with Crippen LogP contribution in [0.1, 0.15) is 26.7 Å². The Morgan fingerprint density at radius 3 is 2.21 bits per heavy atom. The van der Waals surface area contributed by atoms with Gasteiger partial charge in [-0.3, -0.25) is 4.79 Å². The number of carbonyl (C=O) groups is 1. The number of piperazine rings is 1. The van der Waals surface area contributed by atoms with Crippen molar-refractivity contribution in [2.45, 2.75) is 26.7 Å². The number of anilines is 1. The van der Waals surface area contributed by atoms with Gasteiger partial charge in [0, 0.05) is 44.5 Å². The summed E-state index contributed by atoms with van der Waals surface area (Å²) in [6.07, 6.45) is 3.37. The van der Waals surface area contributed by atoms with E-state index in [-0.39, 0.29) is 30.7 Å². The minimum absolute atomic E-state index is 0. The highest BCUT2D eigenvalue weighted by molar-refractivity contribution is 5.85. The summed E-state index contributed by atoms with van der Waals surface area (Å²) in [4.78, 5) is 26.3. The molecule has 3 rings (SSSR count). The lowest BCUT2D eigenvalue weighted by Gasteiger charge is -2.40. The molecule has 160 valence electrons.